The van der Waals surface area contributed by atoms with Crippen LogP contribution in [0.15, 0.2) is 25.3 Å². The van der Waals surface area contributed by atoms with Crippen molar-refractivity contribution < 1.29 is 9.90 Å². The molecular formula is C15H25NO2. The molecular weight excluding hydrogens is 226 g/mol. The van der Waals surface area contributed by atoms with Crippen LogP contribution in [0.4, 0.5) is 0 Å². The lowest BCUT2D eigenvalue weighted by atomic mass is 9.84. The Balaban J connectivity index is 2.54. The van der Waals surface area contributed by atoms with Crippen LogP contribution in [0, 0.1) is 11.8 Å². The number of amides is 1. The smallest absolute Gasteiger partial charge is 0.223 e. The Morgan fingerprint density at radius 2 is 1.89 bits per heavy atom. The van der Waals surface area contributed by atoms with E-state index in [0.717, 1.165) is 25.7 Å². The van der Waals surface area contributed by atoms with Gasteiger partial charge in [0.2, 0.25) is 5.91 Å². The van der Waals surface area contributed by atoms with Crippen molar-refractivity contribution in [2.24, 2.45) is 11.8 Å². The molecule has 0 spiro atoms. The normalized spacial score (nSPS) is 23.7. The van der Waals surface area contributed by atoms with E-state index in [-0.39, 0.29) is 30.4 Å². The van der Waals surface area contributed by atoms with E-state index in [1.54, 1.807) is 12.2 Å². The Morgan fingerprint density at radius 3 is 2.44 bits per heavy atom. The van der Waals surface area contributed by atoms with Gasteiger partial charge in [-0.1, -0.05) is 25.0 Å². The second kappa shape index (κ2) is 8.09. The van der Waals surface area contributed by atoms with Crippen LogP contribution < -0.4 is 5.32 Å². The highest BCUT2D eigenvalue weighted by Crippen LogP contribution is 2.24. The minimum Gasteiger partial charge on any atom is -0.396 e. The molecule has 1 aliphatic rings. The van der Waals surface area contributed by atoms with E-state index in [9.17, 15) is 9.90 Å². The van der Waals surface area contributed by atoms with Crippen LogP contribution in [0.3, 0.4) is 0 Å². The largest absolute Gasteiger partial charge is 0.396 e. The van der Waals surface area contributed by atoms with Gasteiger partial charge in [-0.25, -0.2) is 0 Å². The number of hydrogen-bond acceptors (Lipinski definition) is 2. The molecule has 1 rings (SSSR count). The van der Waals surface area contributed by atoms with Gasteiger partial charge in [-0.2, -0.15) is 0 Å². The van der Waals surface area contributed by atoms with Crippen LogP contribution in [0.1, 0.15) is 38.5 Å². The minimum absolute atomic E-state index is 0.0683. The van der Waals surface area contributed by atoms with Crippen molar-refractivity contribution in [1.29, 1.82) is 0 Å². The molecule has 1 fully saturated rings. The molecule has 0 aromatic carbocycles. The van der Waals surface area contributed by atoms with Gasteiger partial charge in [-0.3, -0.25) is 4.79 Å². The molecule has 102 valence electrons. The lowest BCUT2D eigenvalue weighted by Crippen LogP contribution is -2.45. The van der Waals surface area contributed by atoms with Crippen molar-refractivity contribution in [3.63, 3.8) is 0 Å². The molecule has 2 atom stereocenters. The molecule has 0 aromatic heterocycles. The lowest BCUT2D eigenvalue weighted by Gasteiger charge is -2.32. The summed E-state index contributed by atoms with van der Waals surface area (Å²) in [6.07, 6.45) is 9.18. The second-order valence-corrected chi connectivity index (χ2v) is 5.09. The number of carbonyl (C=O) groups is 1. The maximum Gasteiger partial charge on any atom is 0.223 e. The van der Waals surface area contributed by atoms with Crippen molar-refractivity contribution in [2.45, 2.75) is 44.6 Å². The number of rotatable bonds is 7. The zero-order valence-electron chi connectivity index (χ0n) is 11.1. The summed E-state index contributed by atoms with van der Waals surface area (Å²) in [6.45, 7) is 7.54. The molecule has 18 heavy (non-hydrogen) atoms. The Labute approximate surface area is 110 Å². The first-order valence-corrected chi connectivity index (χ1v) is 6.86. The molecule has 0 bridgehead atoms. The molecule has 2 N–H and O–H groups in total. The highest BCUT2D eigenvalue weighted by atomic mass is 16.3. The molecule has 1 aliphatic carbocycles. The molecule has 0 saturated heterocycles. The van der Waals surface area contributed by atoms with Crippen molar-refractivity contribution in [2.75, 3.05) is 6.61 Å². The summed E-state index contributed by atoms with van der Waals surface area (Å²) in [4.78, 5) is 12.2. The van der Waals surface area contributed by atoms with Gasteiger partial charge >= 0.3 is 0 Å². The standard InChI is InChI=1S/C15H25NO2/c1-3-7-12(8-4-2)15(18)16-14-10-6-5-9-13(14)11-17/h3-4,12-14,17H,1-2,5-11H2,(H,16,18). The van der Waals surface area contributed by atoms with Crippen LogP contribution in [0.5, 0.6) is 0 Å². The van der Waals surface area contributed by atoms with Crippen molar-refractivity contribution >= 4 is 5.91 Å². The second-order valence-electron chi connectivity index (χ2n) is 5.09. The van der Waals surface area contributed by atoms with Gasteiger partial charge in [0.15, 0.2) is 0 Å². The van der Waals surface area contributed by atoms with E-state index in [2.05, 4.69) is 18.5 Å². The van der Waals surface area contributed by atoms with Crippen LogP contribution in [-0.4, -0.2) is 23.7 Å². The first-order valence-electron chi connectivity index (χ1n) is 6.86. The number of aliphatic hydroxyl groups is 1. The van der Waals surface area contributed by atoms with Gasteiger partial charge in [0, 0.05) is 24.5 Å². The molecule has 0 radical (unpaired) electrons. The van der Waals surface area contributed by atoms with Crippen molar-refractivity contribution in [3.8, 4) is 0 Å². The van der Waals surface area contributed by atoms with E-state index in [1.165, 1.54) is 0 Å². The van der Waals surface area contributed by atoms with Gasteiger partial charge in [0.05, 0.1) is 0 Å². The Hall–Kier alpha value is -1.09. The first kappa shape index (κ1) is 15.0. The predicted molar refractivity (Wildman–Crippen MR) is 74.1 cm³/mol. The number of allylic oxidation sites excluding steroid dienone is 2. The summed E-state index contributed by atoms with van der Waals surface area (Å²) in [5.41, 5.74) is 0. The van der Waals surface area contributed by atoms with Crippen LogP contribution in [0.2, 0.25) is 0 Å². The molecule has 0 aromatic rings. The quantitative estimate of drug-likeness (QED) is 0.683. The summed E-state index contributed by atoms with van der Waals surface area (Å²) in [5.74, 6) is 0.220. The average Bonchev–Trinajstić information content (AvgIpc) is 2.39. The molecule has 1 amide bonds. The summed E-state index contributed by atoms with van der Waals surface area (Å²) in [7, 11) is 0. The van der Waals surface area contributed by atoms with Crippen molar-refractivity contribution in [1.82, 2.24) is 5.32 Å². The fraction of sp³-hybridized carbons (Fsp3) is 0.667. The van der Waals surface area contributed by atoms with E-state index in [1.807, 2.05) is 0 Å². The zero-order valence-corrected chi connectivity index (χ0v) is 11.1. The third-order valence-electron chi connectivity index (χ3n) is 3.74. The number of hydrogen-bond donors (Lipinski definition) is 2. The first-order chi connectivity index (χ1) is 8.72. The number of nitrogens with one attached hydrogen (secondary N) is 1. The van der Waals surface area contributed by atoms with Gasteiger partial charge in [-0.05, 0) is 25.7 Å². The molecule has 2 unspecified atom stereocenters. The summed E-state index contributed by atoms with van der Waals surface area (Å²) in [5, 5.41) is 12.4. The zero-order chi connectivity index (χ0) is 13.4. The Bertz CT molecular complexity index is 278. The van der Waals surface area contributed by atoms with Crippen molar-refractivity contribution in [3.05, 3.63) is 25.3 Å². The topological polar surface area (TPSA) is 49.3 Å². The van der Waals surface area contributed by atoms with Crippen LogP contribution in [0.25, 0.3) is 0 Å². The van der Waals surface area contributed by atoms with E-state index in [4.69, 9.17) is 0 Å². The summed E-state index contributed by atoms with van der Waals surface area (Å²) >= 11 is 0. The van der Waals surface area contributed by atoms with Crippen LogP contribution >= 0.6 is 0 Å². The highest BCUT2D eigenvalue weighted by molar-refractivity contribution is 5.79. The SMILES string of the molecule is C=CCC(CC=C)C(=O)NC1CCCCC1CO. The molecule has 3 nitrogen and oxygen atoms in total. The van der Waals surface area contributed by atoms with Gasteiger partial charge in [-0.15, -0.1) is 13.2 Å². The lowest BCUT2D eigenvalue weighted by molar-refractivity contribution is -0.126. The average molecular weight is 251 g/mol. The van der Waals surface area contributed by atoms with E-state index < -0.39 is 0 Å². The minimum atomic E-state index is -0.0683. The number of aliphatic hydroxyl groups excluding tert-OH is 1. The summed E-state index contributed by atoms with van der Waals surface area (Å²) < 4.78 is 0. The third kappa shape index (κ3) is 4.30. The van der Waals surface area contributed by atoms with Crippen LogP contribution in [-0.2, 0) is 4.79 Å². The van der Waals surface area contributed by atoms with Gasteiger partial charge in [0.25, 0.3) is 0 Å². The highest BCUT2D eigenvalue weighted by Gasteiger charge is 2.27. The molecule has 1 saturated carbocycles. The monoisotopic (exact) mass is 251 g/mol. The number of carbonyl (C=O) groups excluding carboxylic acids is 1. The van der Waals surface area contributed by atoms with Gasteiger partial charge < -0.3 is 10.4 Å². The third-order valence-corrected chi connectivity index (χ3v) is 3.74. The Kier molecular flexibility index (Phi) is 6.73. The molecule has 0 aliphatic heterocycles. The maximum absolute atomic E-state index is 12.2. The molecule has 0 heterocycles. The fourth-order valence-corrected chi connectivity index (χ4v) is 2.63. The fourth-order valence-electron chi connectivity index (χ4n) is 2.63. The Morgan fingerprint density at radius 1 is 1.28 bits per heavy atom. The summed E-state index contributed by atoms with van der Waals surface area (Å²) in [6, 6.07) is 0.133. The van der Waals surface area contributed by atoms with Gasteiger partial charge in [0.1, 0.15) is 0 Å². The van der Waals surface area contributed by atoms with E-state index >= 15 is 0 Å². The molecule has 3 heteroatoms. The maximum atomic E-state index is 12.2. The predicted octanol–water partition coefficient (Wildman–Crippen LogP) is 2.42. The van der Waals surface area contributed by atoms with E-state index in [0.29, 0.717) is 12.8 Å².